The zero-order valence-corrected chi connectivity index (χ0v) is 12.9. The number of benzene rings is 1. The summed E-state index contributed by atoms with van der Waals surface area (Å²) in [6.07, 6.45) is 0.166. The average molecular weight is 322 g/mol. The van der Waals surface area contributed by atoms with Crippen LogP contribution in [0, 0.1) is 0 Å². The van der Waals surface area contributed by atoms with E-state index in [1.165, 1.54) is 6.07 Å². The molecule has 1 aromatic heterocycles. The number of phenolic OH excluding ortho intramolecular Hbond substituents is 1. The van der Waals surface area contributed by atoms with Crippen LogP contribution in [-0.4, -0.2) is 20.8 Å². The molecule has 116 valence electrons. The number of nitrogens with zero attached hydrogens (tertiary/aromatic N) is 1. The van der Waals surface area contributed by atoms with Crippen molar-refractivity contribution in [3.63, 3.8) is 0 Å². The van der Waals surface area contributed by atoms with Crippen LogP contribution in [-0.2, 0) is 4.79 Å². The van der Waals surface area contributed by atoms with E-state index in [0.717, 1.165) is 5.56 Å². The number of phenols is 1. The fourth-order valence-corrected chi connectivity index (χ4v) is 2.98. The number of H-pyrrole nitrogens is 1. The number of amides is 1. The second-order valence-electron chi connectivity index (χ2n) is 5.68. The molecule has 2 aromatic rings. The van der Waals surface area contributed by atoms with Gasteiger partial charge >= 0.3 is 0 Å². The predicted molar refractivity (Wildman–Crippen MR) is 83.6 cm³/mol. The van der Waals surface area contributed by atoms with Crippen molar-refractivity contribution in [2.45, 2.75) is 32.2 Å². The van der Waals surface area contributed by atoms with E-state index in [-0.39, 0.29) is 40.6 Å². The summed E-state index contributed by atoms with van der Waals surface area (Å²) in [6, 6.07) is 4.76. The first-order valence-electron chi connectivity index (χ1n) is 7.01. The van der Waals surface area contributed by atoms with Gasteiger partial charge in [0.15, 0.2) is 0 Å². The number of fused-ring (bicyclic) bond motifs is 1. The molecule has 0 spiro atoms. The van der Waals surface area contributed by atoms with Gasteiger partial charge in [0, 0.05) is 18.4 Å². The highest BCUT2D eigenvalue weighted by Gasteiger charge is 2.33. The molecular formula is C15H16ClN3O3. The number of aromatic hydroxyl groups is 1. The minimum atomic E-state index is -0.384. The molecule has 0 saturated carbocycles. The van der Waals surface area contributed by atoms with Crippen LogP contribution < -0.4 is 10.9 Å². The smallest absolute Gasteiger partial charge is 0.270 e. The fraction of sp³-hybridized carbons (Fsp3) is 0.333. The number of rotatable bonds is 2. The van der Waals surface area contributed by atoms with Crippen LogP contribution in [0.3, 0.4) is 0 Å². The monoisotopic (exact) mass is 321 g/mol. The number of halogens is 1. The van der Waals surface area contributed by atoms with Crippen LogP contribution in [0.1, 0.15) is 43.4 Å². The van der Waals surface area contributed by atoms with E-state index in [0.29, 0.717) is 11.4 Å². The molecule has 0 saturated heterocycles. The maximum Gasteiger partial charge on any atom is 0.270 e. The van der Waals surface area contributed by atoms with E-state index in [1.54, 1.807) is 16.8 Å². The van der Waals surface area contributed by atoms with Gasteiger partial charge in [-0.2, -0.15) is 0 Å². The highest BCUT2D eigenvalue weighted by molar-refractivity contribution is 6.32. The molecule has 22 heavy (non-hydrogen) atoms. The third-order valence-corrected chi connectivity index (χ3v) is 4.15. The highest BCUT2D eigenvalue weighted by atomic mass is 35.5. The van der Waals surface area contributed by atoms with Crippen LogP contribution in [0.4, 0.5) is 5.82 Å². The SMILES string of the molecule is CC(C)n1[nH]c(=O)c2c1NC(=O)CC2c1ccc(O)c(Cl)c1. The second-order valence-corrected chi connectivity index (χ2v) is 6.09. The molecule has 2 heterocycles. The van der Waals surface area contributed by atoms with Crippen molar-refractivity contribution < 1.29 is 9.90 Å². The van der Waals surface area contributed by atoms with Gasteiger partial charge in [-0.15, -0.1) is 0 Å². The predicted octanol–water partition coefficient (Wildman–Crippen LogP) is 2.59. The molecule has 1 aliphatic heterocycles. The quantitative estimate of drug-likeness (QED) is 0.794. The number of nitrogens with one attached hydrogen (secondary N) is 2. The largest absolute Gasteiger partial charge is 0.506 e. The minimum absolute atomic E-state index is 0.0129. The van der Waals surface area contributed by atoms with Crippen molar-refractivity contribution in [2.24, 2.45) is 0 Å². The van der Waals surface area contributed by atoms with Crippen LogP contribution in [0.15, 0.2) is 23.0 Å². The molecule has 0 aliphatic carbocycles. The van der Waals surface area contributed by atoms with E-state index < -0.39 is 0 Å². The van der Waals surface area contributed by atoms with Gasteiger partial charge in [0.25, 0.3) is 5.56 Å². The number of aromatic nitrogens is 2. The standard InChI is InChI=1S/C15H16ClN3O3/c1-7(2)19-14-13(15(22)18-19)9(6-12(21)17-14)8-3-4-11(20)10(16)5-8/h3-5,7,9,20H,6H2,1-2H3,(H,17,21)(H,18,22). The van der Waals surface area contributed by atoms with Gasteiger partial charge in [-0.05, 0) is 31.5 Å². The molecule has 1 aromatic carbocycles. The lowest BCUT2D eigenvalue weighted by molar-refractivity contribution is -0.116. The van der Waals surface area contributed by atoms with Crippen LogP contribution >= 0.6 is 11.6 Å². The van der Waals surface area contributed by atoms with Gasteiger partial charge < -0.3 is 10.4 Å². The Morgan fingerprint density at radius 1 is 1.36 bits per heavy atom. The van der Waals surface area contributed by atoms with Gasteiger partial charge in [0.2, 0.25) is 5.91 Å². The second kappa shape index (κ2) is 5.21. The van der Waals surface area contributed by atoms with Gasteiger partial charge in [-0.1, -0.05) is 17.7 Å². The van der Waals surface area contributed by atoms with Gasteiger partial charge in [-0.25, -0.2) is 0 Å². The van der Waals surface area contributed by atoms with Crippen molar-refractivity contribution in [3.05, 3.63) is 44.7 Å². The molecule has 1 amide bonds. The minimum Gasteiger partial charge on any atom is -0.506 e. The Morgan fingerprint density at radius 2 is 2.09 bits per heavy atom. The zero-order chi connectivity index (χ0) is 16.0. The average Bonchev–Trinajstić information content (AvgIpc) is 2.78. The third kappa shape index (κ3) is 2.29. The molecule has 3 N–H and O–H groups in total. The molecule has 1 aliphatic rings. The zero-order valence-electron chi connectivity index (χ0n) is 12.2. The van der Waals surface area contributed by atoms with E-state index in [4.69, 9.17) is 11.6 Å². The highest BCUT2D eigenvalue weighted by Crippen LogP contribution is 2.38. The summed E-state index contributed by atoms with van der Waals surface area (Å²) < 4.78 is 1.66. The molecule has 0 fully saturated rings. The van der Waals surface area contributed by atoms with Crippen molar-refractivity contribution in [3.8, 4) is 5.75 Å². The fourth-order valence-electron chi connectivity index (χ4n) is 2.80. The molecule has 1 atom stereocenters. The lowest BCUT2D eigenvalue weighted by atomic mass is 9.87. The first kappa shape index (κ1) is 14.7. The van der Waals surface area contributed by atoms with Gasteiger partial charge in [-0.3, -0.25) is 19.4 Å². The van der Waals surface area contributed by atoms with Crippen molar-refractivity contribution >= 4 is 23.3 Å². The summed E-state index contributed by atoms with van der Waals surface area (Å²) in [5.41, 5.74) is 1.03. The molecule has 0 radical (unpaired) electrons. The summed E-state index contributed by atoms with van der Waals surface area (Å²) in [5.74, 6) is -0.0642. The molecule has 1 unspecified atom stereocenters. The molecule has 6 nitrogen and oxygen atoms in total. The first-order valence-corrected chi connectivity index (χ1v) is 7.39. The first-order chi connectivity index (χ1) is 10.4. The summed E-state index contributed by atoms with van der Waals surface area (Å²) in [6.45, 7) is 3.84. The van der Waals surface area contributed by atoms with Crippen LogP contribution in [0.2, 0.25) is 5.02 Å². The summed E-state index contributed by atoms with van der Waals surface area (Å²) in [5, 5.41) is 15.3. The van der Waals surface area contributed by atoms with Crippen molar-refractivity contribution in [1.82, 2.24) is 9.78 Å². The summed E-state index contributed by atoms with van der Waals surface area (Å²) in [7, 11) is 0. The normalized spacial score (nSPS) is 17.5. The number of carbonyl (C=O) groups is 1. The summed E-state index contributed by atoms with van der Waals surface area (Å²) >= 11 is 5.95. The Balaban J connectivity index is 2.18. The Bertz CT molecular complexity index is 807. The third-order valence-electron chi connectivity index (χ3n) is 3.85. The van der Waals surface area contributed by atoms with Gasteiger partial charge in [0.1, 0.15) is 11.6 Å². The van der Waals surface area contributed by atoms with E-state index in [1.807, 2.05) is 13.8 Å². The van der Waals surface area contributed by atoms with Gasteiger partial charge in [0.05, 0.1) is 10.6 Å². The van der Waals surface area contributed by atoms with E-state index in [9.17, 15) is 14.7 Å². The maximum absolute atomic E-state index is 12.3. The lowest BCUT2D eigenvalue weighted by Crippen LogP contribution is -2.27. The van der Waals surface area contributed by atoms with E-state index >= 15 is 0 Å². The Labute approximate surface area is 131 Å². The maximum atomic E-state index is 12.3. The number of carbonyl (C=O) groups excluding carboxylic acids is 1. The molecule has 7 heteroatoms. The number of aromatic amines is 1. The molecule has 0 bridgehead atoms. The van der Waals surface area contributed by atoms with Crippen LogP contribution in [0.25, 0.3) is 0 Å². The number of hydrogen-bond acceptors (Lipinski definition) is 3. The topological polar surface area (TPSA) is 87.1 Å². The van der Waals surface area contributed by atoms with E-state index in [2.05, 4.69) is 10.4 Å². The molecular weight excluding hydrogens is 306 g/mol. The Kier molecular flexibility index (Phi) is 3.48. The number of anilines is 1. The number of hydrogen-bond donors (Lipinski definition) is 3. The van der Waals surface area contributed by atoms with Crippen molar-refractivity contribution in [1.29, 1.82) is 0 Å². The Morgan fingerprint density at radius 3 is 2.73 bits per heavy atom. The lowest BCUT2D eigenvalue weighted by Gasteiger charge is -2.24. The molecule has 3 rings (SSSR count). The summed E-state index contributed by atoms with van der Waals surface area (Å²) in [4.78, 5) is 24.3. The Hall–Kier alpha value is -2.21. The van der Waals surface area contributed by atoms with Crippen LogP contribution in [0.5, 0.6) is 5.75 Å². The van der Waals surface area contributed by atoms with Crippen molar-refractivity contribution in [2.75, 3.05) is 5.32 Å².